The van der Waals surface area contributed by atoms with E-state index in [1.165, 1.54) is 0 Å². The number of halogens is 1. The third-order valence-electron chi connectivity index (χ3n) is 4.70. The first kappa shape index (κ1) is 20.9. The number of aryl methyl sites for hydroxylation is 1. The number of aromatic hydroxyl groups is 1. The summed E-state index contributed by atoms with van der Waals surface area (Å²) in [5.41, 5.74) is 1.23. The van der Waals surface area contributed by atoms with E-state index in [1.54, 1.807) is 50.2 Å². The molecule has 6 nitrogen and oxygen atoms in total. The molecule has 1 N–H and O–H groups in total. The van der Waals surface area contributed by atoms with E-state index in [2.05, 4.69) is 4.98 Å². The van der Waals surface area contributed by atoms with Gasteiger partial charge in [-0.1, -0.05) is 30.3 Å². The number of benzene rings is 2. The maximum atomic E-state index is 14.5. The standard InChI is InChI=1S/C23H19FN2O4/c1-3-30-20(28)10-9-19(27)22-23(29)17(12-25)16-8-7-14(11-18(16)26-22)15-6-4-5-13(2)21(15)24/h4-8,11,29H,3,9-10H2,1-2H3. The van der Waals surface area contributed by atoms with Gasteiger partial charge in [-0.15, -0.1) is 0 Å². The van der Waals surface area contributed by atoms with Gasteiger partial charge in [0.1, 0.15) is 23.1 Å². The van der Waals surface area contributed by atoms with Crippen molar-refractivity contribution in [2.45, 2.75) is 26.7 Å². The van der Waals surface area contributed by atoms with Gasteiger partial charge in [0, 0.05) is 17.4 Å². The molecule has 0 aliphatic heterocycles. The first-order valence-electron chi connectivity index (χ1n) is 9.38. The number of esters is 1. The maximum absolute atomic E-state index is 14.5. The first-order chi connectivity index (χ1) is 14.4. The van der Waals surface area contributed by atoms with E-state index in [0.29, 0.717) is 22.1 Å². The molecule has 0 fully saturated rings. The lowest BCUT2D eigenvalue weighted by atomic mass is 9.98. The molecule has 1 heterocycles. The fourth-order valence-electron chi connectivity index (χ4n) is 3.17. The number of fused-ring (bicyclic) bond motifs is 1. The van der Waals surface area contributed by atoms with E-state index in [0.717, 1.165) is 0 Å². The Hall–Kier alpha value is -3.79. The Kier molecular flexibility index (Phi) is 6.07. The molecule has 30 heavy (non-hydrogen) atoms. The zero-order chi connectivity index (χ0) is 21.8. The SMILES string of the molecule is CCOC(=O)CCC(=O)c1nc2cc(-c3cccc(C)c3F)ccc2c(C#N)c1O. The van der Waals surface area contributed by atoms with Crippen LogP contribution in [-0.4, -0.2) is 28.4 Å². The molecule has 0 saturated heterocycles. The van der Waals surface area contributed by atoms with E-state index in [4.69, 9.17) is 4.74 Å². The second-order valence-electron chi connectivity index (χ2n) is 6.69. The number of nitriles is 1. The number of hydrogen-bond acceptors (Lipinski definition) is 6. The summed E-state index contributed by atoms with van der Waals surface area (Å²) in [6, 6.07) is 11.7. The van der Waals surface area contributed by atoms with Crippen molar-refractivity contribution in [2.75, 3.05) is 6.61 Å². The van der Waals surface area contributed by atoms with Crippen LogP contribution in [0.5, 0.6) is 5.75 Å². The van der Waals surface area contributed by atoms with Gasteiger partial charge in [-0.05, 0) is 31.0 Å². The Morgan fingerprint density at radius 1 is 1.23 bits per heavy atom. The highest BCUT2D eigenvalue weighted by Crippen LogP contribution is 2.33. The Bertz CT molecular complexity index is 1200. The minimum atomic E-state index is -0.592. The molecule has 3 aromatic rings. The number of ether oxygens (including phenoxy) is 1. The molecule has 1 aromatic heterocycles. The number of ketones is 1. The molecule has 0 unspecified atom stereocenters. The minimum Gasteiger partial charge on any atom is -0.504 e. The normalized spacial score (nSPS) is 10.6. The third kappa shape index (κ3) is 3.98. The summed E-state index contributed by atoms with van der Waals surface area (Å²) in [4.78, 5) is 28.3. The molecule has 2 aromatic carbocycles. The molecule has 0 bridgehead atoms. The van der Waals surface area contributed by atoms with Gasteiger partial charge in [-0.2, -0.15) is 5.26 Å². The minimum absolute atomic E-state index is 0.101. The van der Waals surface area contributed by atoms with E-state index < -0.39 is 17.5 Å². The molecule has 0 spiro atoms. The zero-order valence-corrected chi connectivity index (χ0v) is 16.5. The van der Waals surface area contributed by atoms with E-state index in [9.17, 15) is 24.3 Å². The number of carbonyl (C=O) groups excluding carboxylic acids is 2. The van der Waals surface area contributed by atoms with Crippen molar-refractivity contribution >= 4 is 22.7 Å². The lowest BCUT2D eigenvalue weighted by molar-refractivity contribution is -0.143. The molecule has 0 radical (unpaired) electrons. The van der Waals surface area contributed by atoms with Gasteiger partial charge >= 0.3 is 5.97 Å². The quantitative estimate of drug-likeness (QED) is 0.479. The smallest absolute Gasteiger partial charge is 0.306 e. The van der Waals surface area contributed by atoms with Crippen molar-refractivity contribution in [1.29, 1.82) is 5.26 Å². The van der Waals surface area contributed by atoms with Crippen LogP contribution in [0.3, 0.4) is 0 Å². The number of hydrogen-bond donors (Lipinski definition) is 1. The Morgan fingerprint density at radius 3 is 2.70 bits per heavy atom. The van der Waals surface area contributed by atoms with Crippen LogP contribution >= 0.6 is 0 Å². The summed E-state index contributed by atoms with van der Waals surface area (Å²) in [6.07, 6.45) is -0.385. The predicted molar refractivity (Wildman–Crippen MR) is 108 cm³/mol. The first-order valence-corrected chi connectivity index (χ1v) is 9.38. The van der Waals surface area contributed by atoms with Crippen molar-refractivity contribution in [3.05, 3.63) is 59.0 Å². The maximum Gasteiger partial charge on any atom is 0.306 e. The lowest BCUT2D eigenvalue weighted by Crippen LogP contribution is -2.10. The molecule has 7 heteroatoms. The third-order valence-corrected chi connectivity index (χ3v) is 4.70. The van der Waals surface area contributed by atoms with Gasteiger partial charge in [0.2, 0.25) is 0 Å². The van der Waals surface area contributed by atoms with Crippen LogP contribution in [-0.2, 0) is 9.53 Å². The molecular formula is C23H19FN2O4. The van der Waals surface area contributed by atoms with Crippen LogP contribution in [0.15, 0.2) is 36.4 Å². The molecular weight excluding hydrogens is 387 g/mol. The lowest BCUT2D eigenvalue weighted by Gasteiger charge is -2.11. The van der Waals surface area contributed by atoms with E-state index in [1.807, 2.05) is 6.07 Å². The van der Waals surface area contributed by atoms with Crippen LogP contribution in [0.4, 0.5) is 4.39 Å². The van der Waals surface area contributed by atoms with Crippen molar-refractivity contribution in [3.8, 4) is 22.9 Å². The Balaban J connectivity index is 2.08. The second-order valence-corrected chi connectivity index (χ2v) is 6.69. The predicted octanol–water partition coefficient (Wildman–Crippen LogP) is 4.45. The van der Waals surface area contributed by atoms with Crippen molar-refractivity contribution in [2.24, 2.45) is 0 Å². The number of pyridine rings is 1. The van der Waals surface area contributed by atoms with Crippen molar-refractivity contribution in [1.82, 2.24) is 4.98 Å². The Morgan fingerprint density at radius 2 is 2.00 bits per heavy atom. The van der Waals surface area contributed by atoms with Crippen LogP contribution in [0.25, 0.3) is 22.0 Å². The monoisotopic (exact) mass is 406 g/mol. The largest absolute Gasteiger partial charge is 0.504 e. The summed E-state index contributed by atoms with van der Waals surface area (Å²) < 4.78 is 19.3. The zero-order valence-electron chi connectivity index (χ0n) is 16.5. The number of nitrogens with zero attached hydrogens (tertiary/aromatic N) is 2. The average molecular weight is 406 g/mol. The molecule has 3 rings (SSSR count). The van der Waals surface area contributed by atoms with Gasteiger partial charge in [0.15, 0.2) is 11.5 Å². The highest BCUT2D eigenvalue weighted by molar-refractivity contribution is 6.03. The topological polar surface area (TPSA) is 100 Å². The average Bonchev–Trinajstić information content (AvgIpc) is 2.73. The van der Waals surface area contributed by atoms with Crippen LogP contribution < -0.4 is 0 Å². The summed E-state index contributed by atoms with van der Waals surface area (Å²) in [6.45, 7) is 3.51. The van der Waals surface area contributed by atoms with Crippen LogP contribution in [0, 0.1) is 24.1 Å². The number of aromatic nitrogens is 1. The van der Waals surface area contributed by atoms with Gasteiger partial charge in [0.25, 0.3) is 0 Å². The molecule has 0 atom stereocenters. The fourth-order valence-corrected chi connectivity index (χ4v) is 3.17. The fraction of sp³-hybridized carbons (Fsp3) is 0.217. The van der Waals surface area contributed by atoms with Crippen molar-refractivity contribution in [3.63, 3.8) is 0 Å². The van der Waals surface area contributed by atoms with Gasteiger partial charge in [-0.25, -0.2) is 9.37 Å². The highest BCUT2D eigenvalue weighted by Gasteiger charge is 2.21. The van der Waals surface area contributed by atoms with Crippen LogP contribution in [0.2, 0.25) is 0 Å². The number of Topliss-reactive ketones (excluding diaryl/α,β-unsaturated/α-hetero) is 1. The summed E-state index contributed by atoms with van der Waals surface area (Å²) in [5.74, 6) is -2.04. The summed E-state index contributed by atoms with van der Waals surface area (Å²) >= 11 is 0. The number of carbonyl (C=O) groups is 2. The van der Waals surface area contributed by atoms with E-state index in [-0.39, 0.29) is 42.0 Å². The van der Waals surface area contributed by atoms with Gasteiger partial charge in [0.05, 0.1) is 18.5 Å². The van der Waals surface area contributed by atoms with Gasteiger partial charge < -0.3 is 9.84 Å². The van der Waals surface area contributed by atoms with Crippen LogP contribution in [0.1, 0.15) is 41.4 Å². The summed E-state index contributed by atoms with van der Waals surface area (Å²) in [5, 5.41) is 20.2. The molecule has 0 aliphatic rings. The molecule has 0 aliphatic carbocycles. The number of rotatable bonds is 6. The van der Waals surface area contributed by atoms with E-state index >= 15 is 0 Å². The molecule has 152 valence electrons. The highest BCUT2D eigenvalue weighted by atomic mass is 19.1. The summed E-state index contributed by atoms with van der Waals surface area (Å²) in [7, 11) is 0. The molecule has 0 saturated carbocycles. The second kappa shape index (κ2) is 8.70. The van der Waals surface area contributed by atoms with Gasteiger partial charge in [-0.3, -0.25) is 9.59 Å². The Labute approximate surface area is 172 Å². The van der Waals surface area contributed by atoms with Crippen molar-refractivity contribution < 1.29 is 23.8 Å². The molecule has 0 amide bonds.